The van der Waals surface area contributed by atoms with Gasteiger partial charge in [-0.05, 0) is 62.3 Å². The Labute approximate surface area is 192 Å². The highest BCUT2D eigenvalue weighted by Crippen LogP contribution is 2.78. The van der Waals surface area contributed by atoms with Gasteiger partial charge in [-0.25, -0.2) is 0 Å². The van der Waals surface area contributed by atoms with Gasteiger partial charge in [-0.15, -0.1) is 0 Å². The largest absolute Gasteiger partial charge is 0.462 e. The number of aliphatic hydroxyl groups is 1. The number of rotatable bonds is 7. The molecule has 1 saturated heterocycles. The van der Waals surface area contributed by atoms with Gasteiger partial charge in [0, 0.05) is 24.4 Å². The molecular weight excluding hydrogens is 468 g/mol. The zero-order chi connectivity index (χ0) is 23.7. The lowest BCUT2D eigenvalue weighted by molar-refractivity contribution is -0.0473. The molecule has 9 nitrogen and oxygen atoms in total. The predicted molar refractivity (Wildman–Crippen MR) is 123 cm³/mol. The van der Waals surface area contributed by atoms with Crippen LogP contribution in [-0.4, -0.2) is 37.4 Å². The summed E-state index contributed by atoms with van der Waals surface area (Å²) in [4.78, 5) is 25.4. The van der Waals surface area contributed by atoms with Crippen LogP contribution in [0.4, 0.5) is 0 Å². The van der Waals surface area contributed by atoms with Gasteiger partial charge >= 0.3 is 7.60 Å². The molecule has 1 aromatic carbocycles. The van der Waals surface area contributed by atoms with Gasteiger partial charge in [0.2, 0.25) is 5.08 Å². The van der Waals surface area contributed by atoms with E-state index in [1.807, 2.05) is 0 Å². The standard InChI is InChI=1S/C22H27NO8P2/c1-16(28-19-7-3-4-8-19)29-20-11-9-18(10-12-20)21-30-32(2,25)22(24,33(26,27)31-21)14-17-6-5-13-23-15-17/h5-6,9-13,15,19,21,24-25H,1-4,7-8,14H2,(H,26,27). The Balaban J connectivity index is 1.46. The van der Waals surface area contributed by atoms with Gasteiger partial charge in [0.25, 0.3) is 5.95 Å². The number of hydrogen-bond donors (Lipinski definition) is 3. The van der Waals surface area contributed by atoms with Gasteiger partial charge in [0.05, 0.1) is 0 Å². The monoisotopic (exact) mass is 495 g/mol. The second kappa shape index (κ2) is 9.35. The van der Waals surface area contributed by atoms with E-state index < -0.39 is 32.7 Å². The van der Waals surface area contributed by atoms with E-state index in [1.54, 1.807) is 36.4 Å². The fourth-order valence-corrected chi connectivity index (χ4v) is 7.82. The summed E-state index contributed by atoms with van der Waals surface area (Å²) in [7, 11) is -8.84. The van der Waals surface area contributed by atoms with Gasteiger partial charge in [0.15, 0.2) is 13.6 Å². The zero-order valence-corrected chi connectivity index (χ0v) is 19.7. The Morgan fingerprint density at radius 1 is 1.18 bits per heavy atom. The molecule has 2 aromatic rings. The lowest BCUT2D eigenvalue weighted by Crippen LogP contribution is -2.38. The molecule has 0 bridgehead atoms. The van der Waals surface area contributed by atoms with Crippen LogP contribution in [-0.2, 0) is 24.8 Å². The van der Waals surface area contributed by atoms with Crippen LogP contribution in [0, 0.1) is 0 Å². The molecule has 33 heavy (non-hydrogen) atoms. The second-order valence-electron chi connectivity index (χ2n) is 8.14. The summed E-state index contributed by atoms with van der Waals surface area (Å²) >= 11 is 0. The Hall–Kier alpha value is -1.96. The minimum Gasteiger partial charge on any atom is -0.462 e. The summed E-state index contributed by atoms with van der Waals surface area (Å²) in [5, 5.41) is 8.41. The quantitative estimate of drug-likeness (QED) is 0.381. The Kier molecular flexibility index (Phi) is 6.85. The molecule has 4 rings (SSSR count). The molecule has 2 fully saturated rings. The highest BCUT2D eigenvalue weighted by Gasteiger charge is 2.62. The highest BCUT2D eigenvalue weighted by molar-refractivity contribution is 7.78. The van der Waals surface area contributed by atoms with E-state index in [9.17, 15) is 19.5 Å². The van der Waals surface area contributed by atoms with Crippen molar-refractivity contribution < 1.29 is 38.0 Å². The Morgan fingerprint density at radius 3 is 2.48 bits per heavy atom. The van der Waals surface area contributed by atoms with Crippen molar-refractivity contribution in [3.05, 3.63) is 72.4 Å². The van der Waals surface area contributed by atoms with Crippen LogP contribution >= 0.6 is 14.9 Å². The summed E-state index contributed by atoms with van der Waals surface area (Å²) in [6, 6.07) is 9.48. The molecule has 2 aliphatic rings. The zero-order valence-electron chi connectivity index (χ0n) is 17.9. The van der Waals surface area contributed by atoms with Crippen molar-refractivity contribution >= 4 is 21.2 Å². The van der Waals surface area contributed by atoms with Crippen molar-refractivity contribution in [2.75, 3.05) is 0 Å². The van der Waals surface area contributed by atoms with E-state index in [4.69, 9.17) is 18.5 Å². The van der Waals surface area contributed by atoms with Gasteiger partial charge in [-0.2, -0.15) is 0 Å². The molecule has 4 unspecified atom stereocenters. The molecule has 3 N–H and O–H groups in total. The summed E-state index contributed by atoms with van der Waals surface area (Å²) < 4.78 is 35.1. The van der Waals surface area contributed by atoms with Gasteiger partial charge in [-0.3, -0.25) is 18.6 Å². The molecule has 1 aromatic heterocycles. The summed E-state index contributed by atoms with van der Waals surface area (Å²) in [6.45, 7) is 3.78. The Bertz CT molecular complexity index is 1060. The maximum absolute atomic E-state index is 13.0. The molecule has 1 aliphatic carbocycles. The molecule has 0 spiro atoms. The van der Waals surface area contributed by atoms with Crippen molar-refractivity contribution in [3.8, 4) is 5.75 Å². The maximum Gasteiger partial charge on any atom is 0.371 e. The molecule has 1 aliphatic heterocycles. The van der Waals surface area contributed by atoms with E-state index in [0.717, 1.165) is 25.7 Å². The van der Waals surface area contributed by atoms with Crippen molar-refractivity contribution in [2.24, 2.45) is 0 Å². The van der Waals surface area contributed by atoms with Crippen molar-refractivity contribution in [1.29, 1.82) is 0 Å². The average molecular weight is 495 g/mol. The number of benzene rings is 1. The fraction of sp³-hybridized carbons (Fsp3) is 0.364. The molecule has 0 amide bonds. The molecule has 11 heteroatoms. The number of nitrogens with zero attached hydrogens (tertiary/aromatic N) is 1. The first-order chi connectivity index (χ1) is 15.6. The topological polar surface area (TPSA) is 128 Å². The van der Waals surface area contributed by atoms with Crippen LogP contribution < -0.4 is 4.74 Å². The first-order valence-electron chi connectivity index (χ1n) is 10.5. The summed E-state index contributed by atoms with van der Waals surface area (Å²) in [5.41, 5.74) is 0.757. The molecule has 2 heterocycles. The normalized spacial score (nSPS) is 32.4. The van der Waals surface area contributed by atoms with Crippen LogP contribution in [0.15, 0.2) is 61.3 Å². The second-order valence-corrected chi connectivity index (χ2v) is 12.8. The SMILES string of the molecule is C=C(Oc1ccc(C2OP(=C)(O)C(O)(Cc3cccnc3)P(=O)(O)O2)cc1)OC1CCCC1. The van der Waals surface area contributed by atoms with Crippen LogP contribution in [0.3, 0.4) is 0 Å². The van der Waals surface area contributed by atoms with Crippen LogP contribution in [0.25, 0.3) is 0 Å². The van der Waals surface area contributed by atoms with Crippen LogP contribution in [0.5, 0.6) is 5.75 Å². The van der Waals surface area contributed by atoms with E-state index >= 15 is 0 Å². The predicted octanol–water partition coefficient (Wildman–Crippen LogP) is 4.28. The van der Waals surface area contributed by atoms with E-state index in [2.05, 4.69) is 17.9 Å². The molecule has 178 valence electrons. The first kappa shape index (κ1) is 24.2. The van der Waals surface area contributed by atoms with E-state index in [1.165, 1.54) is 12.4 Å². The highest BCUT2D eigenvalue weighted by atomic mass is 31.2. The number of ether oxygens (including phenoxy) is 2. The van der Waals surface area contributed by atoms with Crippen molar-refractivity contribution in [1.82, 2.24) is 4.98 Å². The molecule has 1 saturated carbocycles. The molecular formula is C22H27NO8P2. The molecule has 0 radical (unpaired) electrons. The van der Waals surface area contributed by atoms with Crippen LogP contribution in [0.1, 0.15) is 43.1 Å². The smallest absolute Gasteiger partial charge is 0.371 e. The lowest BCUT2D eigenvalue weighted by Gasteiger charge is -2.45. The number of pyridine rings is 1. The summed E-state index contributed by atoms with van der Waals surface area (Å²) in [6.07, 6.45) is 8.99. The average Bonchev–Trinajstić information content (AvgIpc) is 3.26. The number of hydrogen-bond acceptors (Lipinski definition) is 8. The van der Waals surface area contributed by atoms with Crippen molar-refractivity contribution in [3.63, 3.8) is 0 Å². The molecule has 4 atom stereocenters. The van der Waals surface area contributed by atoms with E-state index in [0.29, 0.717) is 16.9 Å². The minimum absolute atomic E-state index is 0.114. The number of aromatic nitrogens is 1. The van der Waals surface area contributed by atoms with Gasteiger partial charge in [-0.1, -0.05) is 18.2 Å². The lowest BCUT2D eigenvalue weighted by atomic mass is 10.2. The van der Waals surface area contributed by atoms with Crippen molar-refractivity contribution in [2.45, 2.75) is 49.6 Å². The third-order valence-corrected chi connectivity index (χ3v) is 10.7. The maximum atomic E-state index is 13.0. The summed E-state index contributed by atoms with van der Waals surface area (Å²) in [5.74, 6) is 0.635. The fourth-order valence-electron chi connectivity index (χ4n) is 3.84. The van der Waals surface area contributed by atoms with Gasteiger partial charge in [0.1, 0.15) is 11.9 Å². The third kappa shape index (κ3) is 5.10. The first-order valence-corrected chi connectivity index (χ1v) is 13.9. The minimum atomic E-state index is -4.79. The third-order valence-electron chi connectivity index (χ3n) is 5.67. The van der Waals surface area contributed by atoms with Gasteiger partial charge < -0.3 is 24.4 Å². The Morgan fingerprint density at radius 2 is 1.88 bits per heavy atom. The van der Waals surface area contributed by atoms with E-state index in [-0.39, 0.29) is 12.0 Å². The van der Waals surface area contributed by atoms with Crippen LogP contribution in [0.2, 0.25) is 0 Å².